The molecule has 0 unspecified atom stereocenters. The number of nitrogens with one attached hydrogen (secondary N) is 1. The highest BCUT2D eigenvalue weighted by atomic mass is 35.5. The van der Waals surface area contributed by atoms with Crippen LogP contribution < -0.4 is 10.1 Å². The maximum absolute atomic E-state index is 13.0. The lowest BCUT2D eigenvalue weighted by molar-refractivity contribution is 0.0686. The molecule has 0 radical (unpaired) electrons. The first-order valence-electron chi connectivity index (χ1n) is 9.08. The minimum absolute atomic E-state index is 0.0441. The molecule has 26 heavy (non-hydrogen) atoms. The monoisotopic (exact) mass is 372 g/mol. The molecule has 4 nitrogen and oxygen atoms in total. The minimum Gasteiger partial charge on any atom is -0.488 e. The first-order valence-corrected chi connectivity index (χ1v) is 9.46. The summed E-state index contributed by atoms with van der Waals surface area (Å²) in [5.74, 6) is 1.30. The fraction of sp³-hybridized carbons (Fsp3) is 0.381. The second-order valence-electron chi connectivity index (χ2n) is 6.67. The van der Waals surface area contributed by atoms with Gasteiger partial charge in [0.2, 0.25) is 0 Å². The quantitative estimate of drug-likeness (QED) is 0.833. The number of nitrogens with zero attached hydrogens (tertiary/aromatic N) is 1. The maximum Gasteiger partial charge on any atom is 0.257 e. The summed E-state index contributed by atoms with van der Waals surface area (Å²) in [6.45, 7) is 2.95. The average Bonchev–Trinajstić information content (AvgIpc) is 2.68. The van der Waals surface area contributed by atoms with Gasteiger partial charge in [-0.15, -0.1) is 0 Å². The minimum atomic E-state index is 0.0441. The van der Waals surface area contributed by atoms with Crippen LogP contribution in [0.15, 0.2) is 48.5 Å². The predicted molar refractivity (Wildman–Crippen MR) is 105 cm³/mol. The second-order valence-corrected chi connectivity index (χ2v) is 7.08. The summed E-state index contributed by atoms with van der Waals surface area (Å²) >= 11 is 6.19. The van der Waals surface area contributed by atoms with Gasteiger partial charge < -0.3 is 15.0 Å². The van der Waals surface area contributed by atoms with Crippen LogP contribution in [0.25, 0.3) is 0 Å². The van der Waals surface area contributed by atoms with E-state index in [-0.39, 0.29) is 5.91 Å². The lowest BCUT2D eigenvalue weighted by atomic mass is 9.96. The van der Waals surface area contributed by atoms with Crippen molar-refractivity contribution < 1.29 is 9.53 Å². The summed E-state index contributed by atoms with van der Waals surface area (Å²) in [4.78, 5) is 14.9. The van der Waals surface area contributed by atoms with Crippen LogP contribution in [0.1, 0.15) is 28.8 Å². The Morgan fingerprint density at radius 1 is 1.15 bits per heavy atom. The van der Waals surface area contributed by atoms with Crippen molar-refractivity contribution in [1.29, 1.82) is 0 Å². The number of carbonyl (C=O) groups excluding carboxylic acids is 1. The first-order chi connectivity index (χ1) is 12.7. The van der Waals surface area contributed by atoms with E-state index in [0.29, 0.717) is 28.9 Å². The van der Waals surface area contributed by atoms with Crippen LogP contribution in [0.4, 0.5) is 0 Å². The lowest BCUT2D eigenvalue weighted by Crippen LogP contribution is -2.40. The number of ether oxygens (including phenoxy) is 1. The third kappa shape index (κ3) is 4.57. The number of hydrogen-bond donors (Lipinski definition) is 1. The first kappa shape index (κ1) is 18.7. The van der Waals surface area contributed by atoms with E-state index in [1.807, 2.05) is 60.5 Å². The summed E-state index contributed by atoms with van der Waals surface area (Å²) < 4.78 is 5.93. The Morgan fingerprint density at radius 2 is 1.85 bits per heavy atom. The Balaban J connectivity index is 1.67. The Bertz CT molecular complexity index is 742. The summed E-state index contributed by atoms with van der Waals surface area (Å²) in [6.07, 6.45) is 2.07. The van der Waals surface area contributed by atoms with Crippen LogP contribution in [0, 0.1) is 5.92 Å². The number of carbonyl (C=O) groups is 1. The topological polar surface area (TPSA) is 41.6 Å². The molecule has 5 heteroatoms. The van der Waals surface area contributed by atoms with Crippen molar-refractivity contribution in [3.8, 4) is 5.75 Å². The molecule has 1 aliphatic heterocycles. The van der Waals surface area contributed by atoms with Crippen molar-refractivity contribution in [3.05, 3.63) is 64.7 Å². The standard InChI is InChI=1S/C21H25ClN2O2/c1-23-14-16-10-12-24(13-11-16)21(25)18-7-3-5-9-20(18)26-15-17-6-2-4-8-19(17)22/h2-9,16,23H,10-15H2,1H3. The molecule has 1 aliphatic rings. The number of amides is 1. The van der Waals surface area contributed by atoms with Crippen LogP contribution in [0.3, 0.4) is 0 Å². The van der Waals surface area contributed by atoms with E-state index < -0.39 is 0 Å². The number of rotatable bonds is 6. The molecule has 2 aromatic carbocycles. The number of likely N-dealkylation sites (tertiary alicyclic amines) is 1. The van der Waals surface area contributed by atoms with E-state index in [0.717, 1.165) is 38.0 Å². The van der Waals surface area contributed by atoms with Crippen molar-refractivity contribution in [1.82, 2.24) is 10.2 Å². The molecule has 1 N–H and O–H groups in total. The predicted octanol–water partition coefficient (Wildman–Crippen LogP) is 3.99. The highest BCUT2D eigenvalue weighted by molar-refractivity contribution is 6.31. The molecular formula is C21H25ClN2O2. The van der Waals surface area contributed by atoms with Gasteiger partial charge in [-0.1, -0.05) is 41.9 Å². The Hall–Kier alpha value is -2.04. The number of piperidine rings is 1. The average molecular weight is 373 g/mol. The molecule has 0 saturated carbocycles. The van der Waals surface area contributed by atoms with Gasteiger partial charge in [-0.3, -0.25) is 4.79 Å². The molecular weight excluding hydrogens is 348 g/mol. The highest BCUT2D eigenvalue weighted by Gasteiger charge is 2.25. The van der Waals surface area contributed by atoms with Gasteiger partial charge in [0.05, 0.1) is 5.56 Å². The van der Waals surface area contributed by atoms with Crippen molar-refractivity contribution >= 4 is 17.5 Å². The van der Waals surface area contributed by atoms with E-state index in [2.05, 4.69) is 5.32 Å². The molecule has 1 amide bonds. The van der Waals surface area contributed by atoms with E-state index in [9.17, 15) is 4.79 Å². The highest BCUT2D eigenvalue weighted by Crippen LogP contribution is 2.25. The Kier molecular flexibility index (Phi) is 6.53. The Morgan fingerprint density at radius 3 is 2.58 bits per heavy atom. The lowest BCUT2D eigenvalue weighted by Gasteiger charge is -2.32. The molecule has 0 bridgehead atoms. The van der Waals surface area contributed by atoms with E-state index in [1.54, 1.807) is 0 Å². The van der Waals surface area contributed by atoms with Gasteiger partial charge in [0.25, 0.3) is 5.91 Å². The number of para-hydroxylation sites is 1. The normalized spacial score (nSPS) is 15.1. The summed E-state index contributed by atoms with van der Waals surface area (Å²) in [5.41, 5.74) is 1.52. The zero-order valence-electron chi connectivity index (χ0n) is 15.1. The van der Waals surface area contributed by atoms with Crippen LogP contribution in [-0.2, 0) is 6.61 Å². The van der Waals surface area contributed by atoms with Crippen molar-refractivity contribution in [2.45, 2.75) is 19.4 Å². The van der Waals surface area contributed by atoms with Crippen LogP contribution >= 0.6 is 11.6 Å². The SMILES string of the molecule is CNCC1CCN(C(=O)c2ccccc2OCc2ccccc2Cl)CC1. The van der Waals surface area contributed by atoms with Crippen molar-refractivity contribution in [2.24, 2.45) is 5.92 Å². The van der Waals surface area contributed by atoms with Crippen LogP contribution in [0.5, 0.6) is 5.75 Å². The van der Waals surface area contributed by atoms with Crippen molar-refractivity contribution in [2.75, 3.05) is 26.7 Å². The van der Waals surface area contributed by atoms with E-state index >= 15 is 0 Å². The van der Waals surface area contributed by atoms with Crippen LogP contribution in [-0.4, -0.2) is 37.5 Å². The molecule has 0 spiro atoms. The molecule has 1 saturated heterocycles. The fourth-order valence-corrected chi connectivity index (χ4v) is 3.53. The Labute approximate surface area is 160 Å². The van der Waals surface area contributed by atoms with Crippen molar-refractivity contribution in [3.63, 3.8) is 0 Å². The van der Waals surface area contributed by atoms with E-state index in [1.165, 1.54) is 0 Å². The van der Waals surface area contributed by atoms with Gasteiger partial charge in [-0.2, -0.15) is 0 Å². The summed E-state index contributed by atoms with van der Waals surface area (Å²) in [7, 11) is 1.98. The zero-order valence-corrected chi connectivity index (χ0v) is 15.8. The molecule has 0 atom stereocenters. The molecule has 2 aromatic rings. The molecule has 0 aromatic heterocycles. The van der Waals surface area contributed by atoms with Gasteiger partial charge in [-0.25, -0.2) is 0 Å². The van der Waals surface area contributed by atoms with Gasteiger partial charge in [0, 0.05) is 23.7 Å². The summed E-state index contributed by atoms with van der Waals surface area (Å²) in [6, 6.07) is 15.0. The second kappa shape index (κ2) is 9.06. The number of benzene rings is 2. The number of halogens is 1. The maximum atomic E-state index is 13.0. The van der Waals surface area contributed by atoms with Gasteiger partial charge in [0.15, 0.2) is 0 Å². The third-order valence-electron chi connectivity index (χ3n) is 4.85. The molecule has 1 fully saturated rings. The van der Waals surface area contributed by atoms with Gasteiger partial charge in [-0.05, 0) is 50.6 Å². The summed E-state index contributed by atoms with van der Waals surface area (Å²) in [5, 5.41) is 3.89. The smallest absolute Gasteiger partial charge is 0.257 e. The molecule has 3 rings (SSSR count). The largest absolute Gasteiger partial charge is 0.488 e. The molecule has 138 valence electrons. The zero-order chi connectivity index (χ0) is 18.4. The molecule has 1 heterocycles. The fourth-order valence-electron chi connectivity index (χ4n) is 3.34. The van der Waals surface area contributed by atoms with Gasteiger partial charge >= 0.3 is 0 Å². The molecule has 0 aliphatic carbocycles. The third-order valence-corrected chi connectivity index (χ3v) is 5.22. The van der Waals surface area contributed by atoms with Gasteiger partial charge in [0.1, 0.15) is 12.4 Å². The van der Waals surface area contributed by atoms with E-state index in [4.69, 9.17) is 16.3 Å². The van der Waals surface area contributed by atoms with Crippen LogP contribution in [0.2, 0.25) is 5.02 Å². The number of hydrogen-bond acceptors (Lipinski definition) is 3.